The highest BCUT2D eigenvalue weighted by atomic mass is 16.5. The van der Waals surface area contributed by atoms with Crippen molar-refractivity contribution in [3.05, 3.63) is 0 Å². The van der Waals surface area contributed by atoms with Crippen molar-refractivity contribution in [2.24, 2.45) is 0 Å². The molecule has 0 saturated carbocycles. The van der Waals surface area contributed by atoms with Gasteiger partial charge in [0.1, 0.15) is 0 Å². The number of rotatable bonds is 14. The van der Waals surface area contributed by atoms with E-state index in [1.807, 2.05) is 0 Å². The largest absolute Gasteiger partial charge is 0.385 e. The summed E-state index contributed by atoms with van der Waals surface area (Å²) in [5, 5.41) is 0. The van der Waals surface area contributed by atoms with Crippen molar-refractivity contribution in [3.63, 3.8) is 0 Å². The molecule has 0 rings (SSSR count). The second-order valence-electron chi connectivity index (χ2n) is 4.43. The van der Waals surface area contributed by atoms with Crippen LogP contribution in [0, 0.1) is 0 Å². The van der Waals surface area contributed by atoms with Crippen LogP contribution in [0.1, 0.15) is 51.4 Å². The summed E-state index contributed by atoms with van der Waals surface area (Å²) in [6.45, 7) is 3.63. The number of unbranched alkanes of at least 4 members (excludes halogenated alkanes) is 6. The third-order valence-electron chi connectivity index (χ3n) is 2.77. The van der Waals surface area contributed by atoms with Gasteiger partial charge in [0.05, 0.1) is 0 Å². The first-order chi connectivity index (χ1) is 8.41. The first-order valence-corrected chi connectivity index (χ1v) is 6.97. The van der Waals surface area contributed by atoms with E-state index in [2.05, 4.69) is 0 Å². The zero-order valence-corrected chi connectivity index (χ0v) is 11.7. The summed E-state index contributed by atoms with van der Waals surface area (Å²) in [5.74, 6) is 0. The lowest BCUT2D eigenvalue weighted by Crippen LogP contribution is -1.98. The number of hydrogen-bond donors (Lipinski definition) is 0. The molecule has 0 radical (unpaired) electrons. The third kappa shape index (κ3) is 15.9. The molecule has 0 aromatic rings. The molecule has 0 N–H and O–H groups in total. The average molecular weight is 246 g/mol. The van der Waals surface area contributed by atoms with Crippen LogP contribution < -0.4 is 0 Å². The van der Waals surface area contributed by atoms with E-state index < -0.39 is 0 Å². The van der Waals surface area contributed by atoms with Crippen molar-refractivity contribution in [1.29, 1.82) is 0 Å². The van der Waals surface area contributed by atoms with Gasteiger partial charge in [-0.25, -0.2) is 0 Å². The predicted octanol–water partition coefficient (Wildman–Crippen LogP) is 3.42. The molecule has 0 aliphatic heterocycles. The van der Waals surface area contributed by atoms with Crippen LogP contribution in [0.15, 0.2) is 0 Å². The molecule has 0 atom stereocenters. The molecule has 0 fully saturated rings. The molecule has 0 aliphatic carbocycles. The molecule has 0 bridgehead atoms. The average Bonchev–Trinajstić information content (AvgIpc) is 2.35. The van der Waals surface area contributed by atoms with Gasteiger partial charge >= 0.3 is 0 Å². The Labute approximate surface area is 107 Å². The van der Waals surface area contributed by atoms with E-state index in [0.717, 1.165) is 26.4 Å². The Hall–Kier alpha value is -0.120. The quantitative estimate of drug-likeness (QED) is 0.440. The maximum Gasteiger partial charge on any atom is 0.0466 e. The van der Waals surface area contributed by atoms with E-state index in [1.54, 1.807) is 14.2 Å². The maximum atomic E-state index is 5.58. The van der Waals surface area contributed by atoms with Crippen LogP contribution in [0.5, 0.6) is 0 Å². The minimum absolute atomic E-state index is 0.891. The van der Waals surface area contributed by atoms with Gasteiger partial charge in [-0.05, 0) is 25.7 Å². The Kier molecular flexibility index (Phi) is 15.8. The number of hydrogen-bond acceptors (Lipinski definition) is 3. The van der Waals surface area contributed by atoms with E-state index in [0.29, 0.717) is 0 Å². The lowest BCUT2D eigenvalue weighted by Gasteiger charge is -2.04. The first-order valence-electron chi connectivity index (χ1n) is 6.97. The Balaban J connectivity index is 2.85. The second kappa shape index (κ2) is 15.9. The van der Waals surface area contributed by atoms with Gasteiger partial charge in [0.15, 0.2) is 0 Å². The van der Waals surface area contributed by atoms with Gasteiger partial charge in [0.2, 0.25) is 0 Å². The van der Waals surface area contributed by atoms with Crippen molar-refractivity contribution in [2.75, 3.05) is 40.6 Å². The summed E-state index contributed by atoms with van der Waals surface area (Å²) >= 11 is 0. The summed E-state index contributed by atoms with van der Waals surface area (Å²) in [5.41, 5.74) is 0. The molecule has 3 heteroatoms. The molecule has 0 aromatic carbocycles. The van der Waals surface area contributed by atoms with Crippen molar-refractivity contribution in [2.45, 2.75) is 51.4 Å². The highest BCUT2D eigenvalue weighted by Gasteiger charge is 1.92. The minimum Gasteiger partial charge on any atom is -0.385 e. The van der Waals surface area contributed by atoms with Crippen LogP contribution >= 0.6 is 0 Å². The highest BCUT2D eigenvalue weighted by Crippen LogP contribution is 2.02. The minimum atomic E-state index is 0.891. The van der Waals surface area contributed by atoms with Gasteiger partial charge in [-0.15, -0.1) is 0 Å². The van der Waals surface area contributed by atoms with Crippen molar-refractivity contribution in [1.82, 2.24) is 0 Å². The number of methoxy groups -OCH3 is 2. The fraction of sp³-hybridized carbons (Fsp3) is 1.00. The molecule has 0 aromatic heterocycles. The molecular weight excluding hydrogens is 216 g/mol. The van der Waals surface area contributed by atoms with Gasteiger partial charge in [-0.1, -0.05) is 25.7 Å². The lowest BCUT2D eigenvalue weighted by molar-refractivity contribution is 0.123. The van der Waals surface area contributed by atoms with Gasteiger partial charge in [-0.3, -0.25) is 0 Å². The summed E-state index contributed by atoms with van der Waals surface area (Å²) in [7, 11) is 3.52. The standard InChI is InChI=1S/C14H30O3/c1-15-11-7-3-5-9-13-17-14-10-6-4-8-12-16-2/h3-14H2,1-2H3. The Bertz CT molecular complexity index is 115. The van der Waals surface area contributed by atoms with E-state index in [-0.39, 0.29) is 0 Å². The van der Waals surface area contributed by atoms with E-state index in [1.165, 1.54) is 51.4 Å². The number of ether oxygens (including phenoxy) is 3. The Morgan fingerprint density at radius 1 is 0.471 bits per heavy atom. The monoisotopic (exact) mass is 246 g/mol. The van der Waals surface area contributed by atoms with Gasteiger partial charge in [0, 0.05) is 40.6 Å². The SMILES string of the molecule is COCCCCCCOCCCCCCOC. The maximum absolute atomic E-state index is 5.58. The van der Waals surface area contributed by atoms with Crippen LogP contribution in [0.2, 0.25) is 0 Å². The zero-order valence-electron chi connectivity index (χ0n) is 11.7. The molecule has 0 unspecified atom stereocenters. The molecule has 3 nitrogen and oxygen atoms in total. The summed E-state index contributed by atoms with van der Waals surface area (Å²) in [6, 6.07) is 0. The molecule has 17 heavy (non-hydrogen) atoms. The van der Waals surface area contributed by atoms with Crippen LogP contribution in [-0.2, 0) is 14.2 Å². The van der Waals surface area contributed by atoms with E-state index in [4.69, 9.17) is 14.2 Å². The van der Waals surface area contributed by atoms with Gasteiger partial charge < -0.3 is 14.2 Å². The lowest BCUT2D eigenvalue weighted by atomic mass is 10.2. The highest BCUT2D eigenvalue weighted by molar-refractivity contribution is 4.44. The van der Waals surface area contributed by atoms with Crippen LogP contribution in [0.25, 0.3) is 0 Å². The normalized spacial score (nSPS) is 10.9. The molecule has 0 saturated heterocycles. The smallest absolute Gasteiger partial charge is 0.0466 e. The third-order valence-corrected chi connectivity index (χ3v) is 2.77. The van der Waals surface area contributed by atoms with Crippen LogP contribution in [0.3, 0.4) is 0 Å². The van der Waals surface area contributed by atoms with Crippen LogP contribution in [0.4, 0.5) is 0 Å². The molecule has 0 heterocycles. The molecule has 0 amide bonds. The van der Waals surface area contributed by atoms with E-state index in [9.17, 15) is 0 Å². The molecule has 104 valence electrons. The van der Waals surface area contributed by atoms with Gasteiger partial charge in [0.25, 0.3) is 0 Å². The van der Waals surface area contributed by atoms with Gasteiger partial charge in [-0.2, -0.15) is 0 Å². The Morgan fingerprint density at radius 3 is 1.18 bits per heavy atom. The summed E-state index contributed by atoms with van der Waals surface area (Å²) in [4.78, 5) is 0. The second-order valence-corrected chi connectivity index (χ2v) is 4.43. The summed E-state index contributed by atoms with van der Waals surface area (Å²) in [6.07, 6.45) is 9.77. The fourth-order valence-corrected chi connectivity index (χ4v) is 1.71. The van der Waals surface area contributed by atoms with E-state index >= 15 is 0 Å². The first kappa shape index (κ1) is 16.9. The molecule has 0 spiro atoms. The zero-order chi connectivity index (χ0) is 12.6. The predicted molar refractivity (Wildman–Crippen MR) is 71.5 cm³/mol. The van der Waals surface area contributed by atoms with Crippen molar-refractivity contribution >= 4 is 0 Å². The fourth-order valence-electron chi connectivity index (χ4n) is 1.71. The summed E-state index contributed by atoms with van der Waals surface area (Å²) < 4.78 is 15.6. The molecular formula is C14H30O3. The topological polar surface area (TPSA) is 27.7 Å². The van der Waals surface area contributed by atoms with Crippen LogP contribution in [-0.4, -0.2) is 40.6 Å². The Morgan fingerprint density at radius 2 is 0.824 bits per heavy atom. The molecule has 0 aliphatic rings. The van der Waals surface area contributed by atoms with Crippen molar-refractivity contribution in [3.8, 4) is 0 Å². The van der Waals surface area contributed by atoms with Crippen molar-refractivity contribution < 1.29 is 14.2 Å².